The Labute approximate surface area is 342 Å². The number of hydrogen-bond acceptors (Lipinski definition) is 3. The molecule has 0 saturated carbocycles. The van der Waals surface area contributed by atoms with Crippen molar-refractivity contribution in [2.24, 2.45) is 0 Å². The third kappa shape index (κ3) is 7.68. The Kier molecular flexibility index (Phi) is 10.6. The summed E-state index contributed by atoms with van der Waals surface area (Å²) in [6, 6.07) is 36.3. The molecule has 7 rings (SSSR count). The zero-order valence-corrected chi connectivity index (χ0v) is 36.7. The molecule has 0 bridgehead atoms. The van der Waals surface area contributed by atoms with Gasteiger partial charge in [0, 0.05) is 38.5 Å². The molecule has 2 heterocycles. The van der Waals surface area contributed by atoms with Crippen molar-refractivity contribution < 1.29 is 26.2 Å². The number of benzene rings is 5. The summed E-state index contributed by atoms with van der Waals surface area (Å²) in [6.45, 7) is 26.7. The first-order chi connectivity index (χ1) is 25.3. The first-order valence-electron chi connectivity index (χ1n) is 19.3. The van der Waals surface area contributed by atoms with Crippen LogP contribution < -0.4 is 0 Å². The summed E-state index contributed by atoms with van der Waals surface area (Å²) in [7, 11) is 0. The molecule has 0 atom stereocenters. The number of phenols is 1. The Balaban J connectivity index is 0.00000514. The van der Waals surface area contributed by atoms with E-state index in [0.29, 0.717) is 11.4 Å². The molecular weight excluding hydrogens is 854 g/mol. The van der Waals surface area contributed by atoms with E-state index in [9.17, 15) is 5.11 Å². The SMILES string of the molecule is Cc1ccnc2c(-c3[c-]c(-c4cc(C(C)C)cc5c4nc(-c4cc(C(C)(C)C)ccc4O)n5-c4ccc(C(C)(C)C)cc4)ccc3)cc(C(C)(C)C)cc12.[Pt]. The molecule has 1 N–H and O–H groups in total. The van der Waals surface area contributed by atoms with E-state index in [2.05, 4.69) is 173 Å². The van der Waals surface area contributed by atoms with E-state index in [1.165, 1.54) is 27.6 Å². The number of hydrogen-bond donors (Lipinski definition) is 1. The van der Waals surface area contributed by atoms with Crippen LogP contribution in [0.5, 0.6) is 5.75 Å². The summed E-state index contributed by atoms with van der Waals surface area (Å²) in [5, 5.41) is 12.7. The number of aryl methyl sites for hydroxylation is 1. The van der Waals surface area contributed by atoms with Crippen molar-refractivity contribution in [3.8, 4) is 45.1 Å². The van der Waals surface area contributed by atoms with Crippen LogP contribution in [0.4, 0.5) is 0 Å². The standard InChI is InChI=1S/C50H54N3O.Pt/c1-30(2)34-25-40(32-14-13-15-33(24-32)41-29-37(50(10,11)12)28-39-31(3)22-23-51-45(39)41)46-43(26-34)53(38-19-16-35(17-20-38)48(4,5)6)47(52-46)42-27-36(49(7,8)9)18-21-44(42)54;/h13-23,25-30,54H,1-12H3;/q-1;. The van der Waals surface area contributed by atoms with Crippen LogP contribution in [0.25, 0.3) is 61.3 Å². The van der Waals surface area contributed by atoms with Crippen LogP contribution in [0.1, 0.15) is 110 Å². The molecule has 5 aromatic carbocycles. The van der Waals surface area contributed by atoms with Crippen LogP contribution in [0, 0.1) is 13.0 Å². The quantitative estimate of drug-likeness (QED) is 0.175. The number of pyridine rings is 1. The minimum absolute atomic E-state index is 0. The van der Waals surface area contributed by atoms with Crippen LogP contribution in [-0.2, 0) is 37.3 Å². The monoisotopic (exact) mass is 907 g/mol. The van der Waals surface area contributed by atoms with E-state index in [1.807, 2.05) is 18.3 Å². The number of imidazole rings is 1. The van der Waals surface area contributed by atoms with Crippen molar-refractivity contribution in [3.05, 3.63) is 131 Å². The maximum atomic E-state index is 11.5. The maximum absolute atomic E-state index is 11.5. The van der Waals surface area contributed by atoms with Crippen LogP contribution in [0.3, 0.4) is 0 Å². The third-order valence-corrected chi connectivity index (χ3v) is 10.8. The minimum atomic E-state index is -0.110. The van der Waals surface area contributed by atoms with Gasteiger partial charge in [-0.1, -0.05) is 129 Å². The van der Waals surface area contributed by atoms with Gasteiger partial charge in [0.15, 0.2) is 0 Å². The van der Waals surface area contributed by atoms with Gasteiger partial charge in [-0.05, 0) is 93.1 Å². The van der Waals surface area contributed by atoms with Gasteiger partial charge < -0.3 is 5.11 Å². The Morgan fingerprint density at radius 3 is 1.82 bits per heavy atom. The van der Waals surface area contributed by atoms with Gasteiger partial charge in [0.05, 0.1) is 16.6 Å². The fourth-order valence-electron chi connectivity index (χ4n) is 7.28. The summed E-state index contributed by atoms with van der Waals surface area (Å²) in [5.41, 5.74) is 14.5. The second-order valence-corrected chi connectivity index (χ2v) is 18.4. The van der Waals surface area contributed by atoms with Gasteiger partial charge in [0.2, 0.25) is 0 Å². The number of phenolic OH excluding ortho intramolecular Hbond substituents is 1. The molecule has 4 nitrogen and oxygen atoms in total. The molecule has 55 heavy (non-hydrogen) atoms. The zero-order chi connectivity index (χ0) is 38.9. The normalized spacial score (nSPS) is 12.5. The molecule has 286 valence electrons. The van der Waals surface area contributed by atoms with Crippen LogP contribution in [0.2, 0.25) is 0 Å². The summed E-state index contributed by atoms with van der Waals surface area (Å²) in [4.78, 5) is 10.4. The molecule has 0 aliphatic carbocycles. The fourth-order valence-corrected chi connectivity index (χ4v) is 7.28. The number of aromatic hydroxyl groups is 1. The van der Waals surface area contributed by atoms with Gasteiger partial charge in [0.1, 0.15) is 11.6 Å². The Bertz CT molecular complexity index is 2540. The van der Waals surface area contributed by atoms with Gasteiger partial charge >= 0.3 is 0 Å². The zero-order valence-electron chi connectivity index (χ0n) is 34.4. The van der Waals surface area contributed by atoms with Crippen LogP contribution in [-0.4, -0.2) is 19.6 Å². The molecular formula is C50H54N3OPt-. The molecule has 0 unspecified atom stereocenters. The molecule has 7 aromatic rings. The smallest absolute Gasteiger partial charge is 0.148 e. The van der Waals surface area contributed by atoms with E-state index in [0.717, 1.165) is 50.1 Å². The number of aromatic nitrogens is 3. The number of rotatable bonds is 5. The van der Waals surface area contributed by atoms with Crippen molar-refractivity contribution in [1.29, 1.82) is 0 Å². The van der Waals surface area contributed by atoms with Gasteiger partial charge in [0.25, 0.3) is 0 Å². The molecule has 0 fully saturated rings. The number of nitrogens with zero attached hydrogens (tertiary/aromatic N) is 3. The predicted molar refractivity (Wildman–Crippen MR) is 228 cm³/mol. The Hall–Kier alpha value is -4.53. The number of fused-ring (bicyclic) bond motifs is 2. The van der Waals surface area contributed by atoms with Crippen LogP contribution >= 0.6 is 0 Å². The first-order valence-corrected chi connectivity index (χ1v) is 19.3. The molecule has 0 saturated heterocycles. The molecule has 5 heteroatoms. The van der Waals surface area contributed by atoms with E-state index >= 15 is 0 Å². The average Bonchev–Trinajstić information content (AvgIpc) is 3.49. The van der Waals surface area contributed by atoms with E-state index < -0.39 is 0 Å². The maximum Gasteiger partial charge on any atom is 0.148 e. The minimum Gasteiger partial charge on any atom is -0.507 e. The molecule has 0 radical (unpaired) electrons. The summed E-state index contributed by atoms with van der Waals surface area (Å²) < 4.78 is 2.23. The van der Waals surface area contributed by atoms with E-state index in [4.69, 9.17) is 9.97 Å². The van der Waals surface area contributed by atoms with Crippen molar-refractivity contribution in [3.63, 3.8) is 0 Å². The fraction of sp³-hybridized carbons (Fsp3) is 0.320. The predicted octanol–water partition coefficient (Wildman–Crippen LogP) is 13.4. The molecule has 0 spiro atoms. The van der Waals surface area contributed by atoms with Crippen molar-refractivity contribution in [2.75, 3.05) is 0 Å². The second-order valence-electron chi connectivity index (χ2n) is 18.4. The van der Waals surface area contributed by atoms with Crippen LogP contribution in [0.15, 0.2) is 97.2 Å². The summed E-state index contributed by atoms with van der Waals surface area (Å²) in [5.74, 6) is 1.18. The van der Waals surface area contributed by atoms with Crippen molar-refractivity contribution >= 4 is 21.9 Å². The summed E-state index contributed by atoms with van der Waals surface area (Å²) in [6.07, 6.45) is 1.91. The molecule has 0 aliphatic heterocycles. The van der Waals surface area contributed by atoms with Gasteiger partial charge in [-0.15, -0.1) is 35.4 Å². The van der Waals surface area contributed by atoms with Gasteiger partial charge in [-0.25, -0.2) is 4.98 Å². The Morgan fingerprint density at radius 2 is 1.22 bits per heavy atom. The second kappa shape index (κ2) is 14.5. The topological polar surface area (TPSA) is 50.9 Å². The van der Waals surface area contributed by atoms with Crippen molar-refractivity contribution in [1.82, 2.24) is 14.5 Å². The third-order valence-electron chi connectivity index (χ3n) is 10.8. The summed E-state index contributed by atoms with van der Waals surface area (Å²) >= 11 is 0. The van der Waals surface area contributed by atoms with E-state index in [-0.39, 0.29) is 49.0 Å². The van der Waals surface area contributed by atoms with Gasteiger partial charge in [-0.2, -0.15) is 0 Å². The molecule has 0 aliphatic rings. The molecule has 0 amide bonds. The van der Waals surface area contributed by atoms with E-state index in [1.54, 1.807) is 0 Å². The first kappa shape index (κ1) is 40.1. The average molecular weight is 908 g/mol. The largest absolute Gasteiger partial charge is 0.507 e. The van der Waals surface area contributed by atoms with Crippen molar-refractivity contribution in [2.45, 2.75) is 105 Å². The molecule has 2 aromatic heterocycles. The Morgan fingerprint density at radius 1 is 0.636 bits per heavy atom. The van der Waals surface area contributed by atoms with Gasteiger partial charge in [-0.3, -0.25) is 9.55 Å².